The van der Waals surface area contributed by atoms with E-state index in [1.807, 2.05) is 0 Å². The zero-order chi connectivity index (χ0) is 56.9. The Morgan fingerprint density at radius 3 is 0.948 bits per heavy atom. The molecule has 0 aromatic carbocycles. The van der Waals surface area contributed by atoms with Gasteiger partial charge in [0.1, 0.15) is 19.3 Å². The highest BCUT2D eigenvalue weighted by Gasteiger charge is 2.30. The Balaban J connectivity index is 5.19. The molecule has 0 saturated heterocycles. The number of esters is 4. The van der Waals surface area contributed by atoms with Crippen LogP contribution in [0.4, 0.5) is 0 Å². The van der Waals surface area contributed by atoms with Crippen LogP contribution in [0.25, 0.3) is 0 Å². The second kappa shape index (κ2) is 52.9. The lowest BCUT2D eigenvalue weighted by Gasteiger charge is -2.21. The summed E-state index contributed by atoms with van der Waals surface area (Å²) in [7, 11) is -9.87. The van der Waals surface area contributed by atoms with Crippen molar-refractivity contribution in [2.45, 2.75) is 284 Å². The Kier molecular flexibility index (Phi) is 51.2. The second-order valence-electron chi connectivity index (χ2n) is 20.3. The van der Waals surface area contributed by atoms with Crippen LogP contribution in [0.1, 0.15) is 265 Å². The lowest BCUT2D eigenvalue weighted by atomic mass is 10.1. The number of unbranched alkanes of at least 4 members (excludes halogenated alkanes) is 28. The molecule has 0 fully saturated rings. The van der Waals surface area contributed by atoms with E-state index in [0.717, 1.165) is 122 Å². The molecule has 452 valence electrons. The first-order chi connectivity index (χ1) is 37.2. The molecule has 0 aliphatic carbocycles. The van der Waals surface area contributed by atoms with Gasteiger partial charge in [-0.15, -0.1) is 0 Å². The summed E-state index contributed by atoms with van der Waals surface area (Å²) in [6.07, 6.45) is 38.9. The predicted molar refractivity (Wildman–Crippen MR) is 303 cm³/mol. The number of aliphatic hydroxyl groups is 1. The molecule has 2 unspecified atom stereocenters. The maximum Gasteiger partial charge on any atom is 0.472 e. The van der Waals surface area contributed by atoms with Crippen molar-refractivity contribution in [1.29, 1.82) is 0 Å². The zero-order valence-electron chi connectivity index (χ0n) is 48.4. The van der Waals surface area contributed by atoms with Crippen LogP contribution in [0.3, 0.4) is 0 Å². The van der Waals surface area contributed by atoms with E-state index in [9.17, 15) is 43.2 Å². The molecule has 0 aromatic rings. The zero-order valence-corrected chi connectivity index (χ0v) is 50.2. The topological polar surface area (TPSA) is 237 Å². The van der Waals surface area contributed by atoms with Crippen LogP contribution in [-0.4, -0.2) is 96.7 Å². The maximum atomic E-state index is 12.9. The SMILES string of the molecule is CCCCCC/C=C\C=C/CCCCCCCC(=O)O[C@H](COC(=O)CCCCCCCCCCCC)COP(=O)(O)OC[C@@H](O)COP(=O)(O)OC[C@@H](COC(=O)CCCCCCC)OC(=O)CCCCCCCCC. The molecule has 0 radical (unpaired) electrons. The molecule has 0 heterocycles. The van der Waals surface area contributed by atoms with Gasteiger partial charge in [-0.1, -0.05) is 213 Å². The van der Waals surface area contributed by atoms with Gasteiger partial charge in [0.25, 0.3) is 0 Å². The molecule has 5 atom stereocenters. The van der Waals surface area contributed by atoms with Crippen molar-refractivity contribution in [2.75, 3.05) is 39.6 Å². The van der Waals surface area contributed by atoms with Gasteiger partial charge in [-0.25, -0.2) is 9.13 Å². The summed E-state index contributed by atoms with van der Waals surface area (Å²) in [4.78, 5) is 71.5. The monoisotopic (exact) mass is 1140 g/mol. The van der Waals surface area contributed by atoms with Gasteiger partial charge in [0.2, 0.25) is 0 Å². The molecule has 77 heavy (non-hydrogen) atoms. The van der Waals surface area contributed by atoms with Crippen molar-refractivity contribution in [3.8, 4) is 0 Å². The molecule has 19 heteroatoms. The highest BCUT2D eigenvalue weighted by molar-refractivity contribution is 7.47. The van der Waals surface area contributed by atoms with Gasteiger partial charge in [0.15, 0.2) is 12.2 Å². The molecule has 0 spiro atoms. The van der Waals surface area contributed by atoms with Crippen LogP contribution >= 0.6 is 15.6 Å². The predicted octanol–water partition coefficient (Wildman–Crippen LogP) is 15.2. The number of hydrogen-bond acceptors (Lipinski definition) is 15. The number of carbonyl (C=O) groups excluding carboxylic acids is 4. The van der Waals surface area contributed by atoms with Gasteiger partial charge in [0.05, 0.1) is 26.4 Å². The molecule has 0 rings (SSSR count). The number of ether oxygens (including phenoxy) is 4. The fraction of sp³-hybridized carbons (Fsp3) is 0.862. The molecule has 0 aliphatic rings. The maximum absolute atomic E-state index is 12.9. The lowest BCUT2D eigenvalue weighted by Crippen LogP contribution is -2.30. The number of phosphoric ester groups is 2. The van der Waals surface area contributed by atoms with Gasteiger partial charge in [-0.3, -0.25) is 37.3 Å². The first-order valence-electron chi connectivity index (χ1n) is 30.1. The van der Waals surface area contributed by atoms with Gasteiger partial charge >= 0.3 is 39.5 Å². The lowest BCUT2D eigenvalue weighted by molar-refractivity contribution is -0.161. The first kappa shape index (κ1) is 74.5. The van der Waals surface area contributed by atoms with Crippen molar-refractivity contribution in [1.82, 2.24) is 0 Å². The average molecular weight is 1140 g/mol. The third kappa shape index (κ3) is 52.7. The molecule has 0 aliphatic heterocycles. The largest absolute Gasteiger partial charge is 0.472 e. The minimum atomic E-state index is -4.94. The molecule has 0 amide bonds. The minimum absolute atomic E-state index is 0.0850. The van der Waals surface area contributed by atoms with Crippen molar-refractivity contribution < 1.29 is 80.2 Å². The van der Waals surface area contributed by atoms with E-state index in [1.165, 1.54) is 64.2 Å². The number of rotatable bonds is 57. The standard InChI is InChI=1S/C58H108O17P2/c1-5-9-13-17-20-22-24-25-26-27-28-30-33-37-41-45-58(63)75-54(49-69-56(61)43-39-35-32-29-23-21-18-14-10-6-2)51-73-77(66,67)71-47-52(59)46-70-76(64,65)72-50-53(48-68-55(60)42-38-34-16-12-8-4)74-57(62)44-40-36-31-19-15-11-7-3/h22,24-26,52-54,59H,5-21,23,27-51H2,1-4H3,(H,64,65)(H,66,67)/b24-22-,26-25-/t52-,53+,54+/m0/s1. The minimum Gasteiger partial charge on any atom is -0.462 e. The summed E-state index contributed by atoms with van der Waals surface area (Å²) < 4.78 is 67.4. The second-order valence-corrected chi connectivity index (χ2v) is 23.3. The van der Waals surface area contributed by atoms with Gasteiger partial charge in [-0.05, 0) is 51.4 Å². The van der Waals surface area contributed by atoms with E-state index >= 15 is 0 Å². The van der Waals surface area contributed by atoms with Crippen LogP contribution in [0.15, 0.2) is 24.3 Å². The summed E-state index contributed by atoms with van der Waals surface area (Å²) in [5.74, 6) is -2.19. The number of phosphoric acid groups is 2. The summed E-state index contributed by atoms with van der Waals surface area (Å²) in [5.41, 5.74) is 0. The highest BCUT2D eigenvalue weighted by atomic mass is 31.2. The van der Waals surface area contributed by atoms with Crippen LogP contribution < -0.4 is 0 Å². The van der Waals surface area contributed by atoms with E-state index in [2.05, 4.69) is 52.0 Å². The summed E-state index contributed by atoms with van der Waals surface area (Å²) >= 11 is 0. The van der Waals surface area contributed by atoms with Gasteiger partial charge < -0.3 is 33.8 Å². The van der Waals surface area contributed by atoms with Crippen molar-refractivity contribution >= 4 is 39.5 Å². The Morgan fingerprint density at radius 1 is 0.364 bits per heavy atom. The molecular formula is C58H108O17P2. The average Bonchev–Trinajstić information content (AvgIpc) is 3.40. The van der Waals surface area contributed by atoms with Crippen molar-refractivity contribution in [3.63, 3.8) is 0 Å². The number of allylic oxidation sites excluding steroid dienone is 4. The summed E-state index contributed by atoms with van der Waals surface area (Å²) in [5, 5.41) is 10.5. The van der Waals surface area contributed by atoms with E-state index in [0.29, 0.717) is 25.7 Å². The van der Waals surface area contributed by atoms with E-state index in [-0.39, 0.29) is 25.7 Å². The fourth-order valence-corrected chi connectivity index (χ4v) is 9.61. The Labute approximate surface area is 465 Å². The number of aliphatic hydroxyl groups excluding tert-OH is 1. The summed E-state index contributed by atoms with van der Waals surface area (Å²) in [6.45, 7) is 4.64. The smallest absolute Gasteiger partial charge is 0.462 e. The van der Waals surface area contributed by atoms with Crippen LogP contribution in [-0.2, 0) is 65.4 Å². The van der Waals surface area contributed by atoms with Crippen LogP contribution in [0, 0.1) is 0 Å². The third-order valence-electron chi connectivity index (χ3n) is 12.7. The molecule has 3 N–H and O–H groups in total. The van der Waals surface area contributed by atoms with E-state index < -0.39 is 97.5 Å². The number of carbonyl (C=O) groups is 4. The van der Waals surface area contributed by atoms with Gasteiger partial charge in [-0.2, -0.15) is 0 Å². The van der Waals surface area contributed by atoms with Crippen molar-refractivity contribution in [2.24, 2.45) is 0 Å². The van der Waals surface area contributed by atoms with Crippen LogP contribution in [0.5, 0.6) is 0 Å². The quantitative estimate of drug-likeness (QED) is 0.0169. The Bertz CT molecular complexity index is 1590. The van der Waals surface area contributed by atoms with E-state index in [1.54, 1.807) is 0 Å². The highest BCUT2D eigenvalue weighted by Crippen LogP contribution is 2.45. The van der Waals surface area contributed by atoms with Crippen molar-refractivity contribution in [3.05, 3.63) is 24.3 Å². The molecule has 0 saturated carbocycles. The molecular weight excluding hydrogens is 1030 g/mol. The number of hydrogen-bond donors (Lipinski definition) is 3. The Hall–Kier alpha value is -2.46. The van der Waals surface area contributed by atoms with E-state index in [4.69, 9.17) is 37.0 Å². The Morgan fingerprint density at radius 2 is 0.623 bits per heavy atom. The summed E-state index contributed by atoms with van der Waals surface area (Å²) in [6, 6.07) is 0. The van der Waals surface area contributed by atoms with Crippen LogP contribution in [0.2, 0.25) is 0 Å². The first-order valence-corrected chi connectivity index (χ1v) is 33.1. The van der Waals surface area contributed by atoms with Gasteiger partial charge in [0, 0.05) is 25.7 Å². The molecule has 0 aromatic heterocycles. The normalized spacial score (nSPS) is 14.5. The fourth-order valence-electron chi connectivity index (χ4n) is 8.03. The molecule has 17 nitrogen and oxygen atoms in total. The third-order valence-corrected chi connectivity index (χ3v) is 14.6. The molecule has 0 bridgehead atoms.